The van der Waals surface area contributed by atoms with E-state index < -0.39 is 0 Å². The molecule has 2 heteroatoms. The Labute approximate surface area is 81.1 Å². The molecule has 0 amide bonds. The first-order valence-corrected chi connectivity index (χ1v) is 5.47. The molecule has 13 heavy (non-hydrogen) atoms. The number of carbonyl (C=O) groups excluding carboxylic acids is 1. The molecule has 0 aliphatic heterocycles. The molecule has 76 valence electrons. The number of carbonyl (C=O) groups is 1. The molecule has 0 aromatic carbocycles. The van der Waals surface area contributed by atoms with Crippen molar-refractivity contribution in [2.45, 2.75) is 52.0 Å². The lowest BCUT2D eigenvalue weighted by atomic mass is 10.0. The van der Waals surface area contributed by atoms with Gasteiger partial charge in [-0.05, 0) is 18.8 Å². The van der Waals surface area contributed by atoms with Crippen LogP contribution in [0.1, 0.15) is 46.0 Å². The van der Waals surface area contributed by atoms with Crippen molar-refractivity contribution in [3.8, 4) is 0 Å². The highest BCUT2D eigenvalue weighted by Crippen LogP contribution is 2.18. The van der Waals surface area contributed by atoms with Gasteiger partial charge in [0.25, 0.3) is 0 Å². The highest BCUT2D eigenvalue weighted by Gasteiger charge is 2.20. The van der Waals surface area contributed by atoms with Crippen LogP contribution in [0, 0.1) is 5.92 Å². The molecular formula is C11H21NO. The largest absolute Gasteiger partial charge is 0.314 e. The molecule has 1 rings (SSSR count). The van der Waals surface area contributed by atoms with E-state index in [0.717, 1.165) is 31.8 Å². The molecule has 1 fully saturated rings. The molecule has 0 spiro atoms. The molecular weight excluding hydrogens is 162 g/mol. The lowest BCUT2D eigenvalue weighted by Crippen LogP contribution is -2.20. The molecule has 0 heterocycles. The minimum atomic E-state index is 0.419. The summed E-state index contributed by atoms with van der Waals surface area (Å²) in [7, 11) is 0. The van der Waals surface area contributed by atoms with Crippen LogP contribution in [0.3, 0.4) is 0 Å². The fraction of sp³-hybridized carbons (Fsp3) is 0.909. The fourth-order valence-corrected chi connectivity index (χ4v) is 1.34. The van der Waals surface area contributed by atoms with Crippen molar-refractivity contribution >= 4 is 5.78 Å². The van der Waals surface area contributed by atoms with Crippen LogP contribution in [0.4, 0.5) is 0 Å². The number of hydrogen-bond donors (Lipinski definition) is 1. The van der Waals surface area contributed by atoms with Crippen molar-refractivity contribution < 1.29 is 4.79 Å². The Bertz CT molecular complexity index is 163. The topological polar surface area (TPSA) is 29.1 Å². The molecule has 0 radical (unpaired) electrons. The van der Waals surface area contributed by atoms with Crippen LogP contribution in [0.25, 0.3) is 0 Å². The van der Waals surface area contributed by atoms with Gasteiger partial charge in [-0.3, -0.25) is 4.79 Å². The minimum Gasteiger partial charge on any atom is -0.314 e. The number of ketones is 1. The average molecular weight is 183 g/mol. The summed E-state index contributed by atoms with van der Waals surface area (Å²) < 4.78 is 0. The molecule has 1 saturated carbocycles. The quantitative estimate of drug-likeness (QED) is 0.655. The number of Topliss-reactive ketones (excluding diaryl/α,β-unsaturated/α-hetero) is 1. The second-order valence-corrected chi connectivity index (χ2v) is 4.23. The van der Waals surface area contributed by atoms with Gasteiger partial charge in [0.05, 0.1) is 0 Å². The second-order valence-electron chi connectivity index (χ2n) is 4.23. The van der Waals surface area contributed by atoms with Gasteiger partial charge in [0.1, 0.15) is 5.78 Å². The van der Waals surface area contributed by atoms with E-state index in [2.05, 4.69) is 19.2 Å². The Hall–Kier alpha value is -0.370. The third-order valence-corrected chi connectivity index (χ3v) is 2.69. The lowest BCUT2D eigenvalue weighted by Gasteiger charge is -2.07. The van der Waals surface area contributed by atoms with E-state index >= 15 is 0 Å². The van der Waals surface area contributed by atoms with Crippen molar-refractivity contribution in [2.75, 3.05) is 6.54 Å². The number of rotatable bonds is 7. The van der Waals surface area contributed by atoms with Crippen molar-refractivity contribution in [1.29, 1.82) is 0 Å². The van der Waals surface area contributed by atoms with E-state index in [1.807, 2.05) is 0 Å². The van der Waals surface area contributed by atoms with Gasteiger partial charge in [-0.2, -0.15) is 0 Å². The van der Waals surface area contributed by atoms with Crippen LogP contribution >= 0.6 is 0 Å². The lowest BCUT2D eigenvalue weighted by molar-refractivity contribution is -0.119. The van der Waals surface area contributed by atoms with Gasteiger partial charge in [-0.15, -0.1) is 0 Å². The summed E-state index contributed by atoms with van der Waals surface area (Å²) in [6.07, 6.45) is 5.21. The Kier molecular flexibility index (Phi) is 4.43. The summed E-state index contributed by atoms with van der Waals surface area (Å²) in [5.74, 6) is 0.982. The molecule has 0 aromatic heterocycles. The third-order valence-electron chi connectivity index (χ3n) is 2.69. The Morgan fingerprint density at radius 1 is 1.54 bits per heavy atom. The average Bonchev–Trinajstić information content (AvgIpc) is 2.88. The smallest absolute Gasteiger partial charge is 0.134 e. The van der Waals surface area contributed by atoms with Crippen molar-refractivity contribution in [1.82, 2.24) is 5.32 Å². The van der Waals surface area contributed by atoms with Gasteiger partial charge in [-0.1, -0.05) is 20.3 Å². The molecule has 0 saturated heterocycles. The molecule has 0 aromatic rings. The number of nitrogens with one attached hydrogen (secondary N) is 1. The maximum Gasteiger partial charge on any atom is 0.134 e. The molecule has 1 atom stereocenters. The monoisotopic (exact) mass is 183 g/mol. The highest BCUT2D eigenvalue weighted by atomic mass is 16.1. The van der Waals surface area contributed by atoms with Crippen LogP contribution in [0.15, 0.2) is 0 Å². The first kappa shape index (κ1) is 10.7. The first-order chi connectivity index (χ1) is 6.22. The van der Waals surface area contributed by atoms with Gasteiger partial charge >= 0.3 is 0 Å². The van der Waals surface area contributed by atoms with Crippen LogP contribution in [-0.2, 0) is 4.79 Å². The van der Waals surface area contributed by atoms with Crippen LogP contribution in [0.2, 0.25) is 0 Å². The predicted molar refractivity (Wildman–Crippen MR) is 54.7 cm³/mol. The van der Waals surface area contributed by atoms with E-state index in [9.17, 15) is 4.79 Å². The summed E-state index contributed by atoms with van der Waals surface area (Å²) in [5, 5.41) is 3.36. The normalized spacial score (nSPS) is 18.6. The molecule has 2 nitrogen and oxygen atoms in total. The zero-order valence-corrected chi connectivity index (χ0v) is 8.81. The second kappa shape index (κ2) is 5.38. The molecule has 1 N–H and O–H groups in total. The van der Waals surface area contributed by atoms with E-state index in [0.29, 0.717) is 11.7 Å². The van der Waals surface area contributed by atoms with Gasteiger partial charge < -0.3 is 5.32 Å². The summed E-state index contributed by atoms with van der Waals surface area (Å²) in [6.45, 7) is 5.17. The van der Waals surface area contributed by atoms with Crippen molar-refractivity contribution in [3.63, 3.8) is 0 Å². The molecule has 1 unspecified atom stereocenters. The Balaban J connectivity index is 1.96. The van der Waals surface area contributed by atoms with Gasteiger partial charge in [0.15, 0.2) is 0 Å². The minimum absolute atomic E-state index is 0.419. The zero-order chi connectivity index (χ0) is 9.68. The summed E-state index contributed by atoms with van der Waals surface area (Å²) >= 11 is 0. The maximum atomic E-state index is 11.4. The van der Waals surface area contributed by atoms with Crippen molar-refractivity contribution in [2.24, 2.45) is 5.92 Å². The molecule has 1 aliphatic rings. The SMILES string of the molecule is CCC(C)CC(=O)CCNC1CC1. The van der Waals surface area contributed by atoms with Gasteiger partial charge in [0.2, 0.25) is 0 Å². The first-order valence-electron chi connectivity index (χ1n) is 5.47. The maximum absolute atomic E-state index is 11.4. The third kappa shape index (κ3) is 5.04. The van der Waals surface area contributed by atoms with Crippen LogP contribution < -0.4 is 5.32 Å². The van der Waals surface area contributed by atoms with E-state index in [1.54, 1.807) is 0 Å². The molecule has 0 bridgehead atoms. The van der Waals surface area contributed by atoms with Crippen molar-refractivity contribution in [3.05, 3.63) is 0 Å². The number of hydrogen-bond acceptors (Lipinski definition) is 2. The Morgan fingerprint density at radius 2 is 2.23 bits per heavy atom. The van der Waals surface area contributed by atoms with Gasteiger partial charge in [-0.25, -0.2) is 0 Å². The van der Waals surface area contributed by atoms with E-state index in [4.69, 9.17) is 0 Å². The predicted octanol–water partition coefficient (Wildman–Crippen LogP) is 2.13. The summed E-state index contributed by atoms with van der Waals surface area (Å²) in [4.78, 5) is 11.4. The standard InChI is InChI=1S/C11H21NO/c1-3-9(2)8-11(13)6-7-12-10-4-5-10/h9-10,12H,3-8H2,1-2H3. The van der Waals surface area contributed by atoms with Crippen LogP contribution in [0.5, 0.6) is 0 Å². The van der Waals surface area contributed by atoms with Gasteiger partial charge in [0, 0.05) is 25.4 Å². The summed E-state index contributed by atoms with van der Waals surface area (Å²) in [6, 6.07) is 0.733. The highest BCUT2D eigenvalue weighted by molar-refractivity contribution is 5.78. The molecule has 1 aliphatic carbocycles. The van der Waals surface area contributed by atoms with E-state index in [1.165, 1.54) is 12.8 Å². The Morgan fingerprint density at radius 3 is 2.77 bits per heavy atom. The van der Waals surface area contributed by atoms with Crippen LogP contribution in [-0.4, -0.2) is 18.4 Å². The van der Waals surface area contributed by atoms with E-state index in [-0.39, 0.29) is 0 Å². The zero-order valence-electron chi connectivity index (χ0n) is 8.81. The summed E-state index contributed by atoms with van der Waals surface area (Å²) in [5.41, 5.74) is 0. The fourth-order valence-electron chi connectivity index (χ4n) is 1.34.